The summed E-state index contributed by atoms with van der Waals surface area (Å²) < 4.78 is 62.6. The van der Waals surface area contributed by atoms with Gasteiger partial charge in [0.05, 0.1) is 11.9 Å². The van der Waals surface area contributed by atoms with Crippen LogP contribution < -0.4 is 0 Å². The number of hydrogen-bond acceptors (Lipinski definition) is 5. The summed E-state index contributed by atoms with van der Waals surface area (Å²) in [4.78, 5) is 0. The summed E-state index contributed by atoms with van der Waals surface area (Å²) in [5, 5.41) is -2.57. The normalized spacial score (nSPS) is 28.1. The molecule has 8 heteroatoms. The van der Waals surface area contributed by atoms with Gasteiger partial charge < -0.3 is 0 Å². The molecule has 0 aromatic carbocycles. The summed E-state index contributed by atoms with van der Waals surface area (Å²) in [5.74, 6) is 0. The topological polar surface area (TPSA) is 77.5 Å². The smallest absolute Gasteiger partial charge is 0.270 e. The summed E-state index contributed by atoms with van der Waals surface area (Å²) in [5.41, 5.74) is 0. The summed E-state index contributed by atoms with van der Waals surface area (Å²) in [6.45, 7) is 1.65. The molecule has 16 heavy (non-hydrogen) atoms. The molecular weight excluding hydrogens is 259 g/mol. The maximum atomic E-state index is 13.9. The van der Waals surface area contributed by atoms with Crippen molar-refractivity contribution in [3.8, 4) is 0 Å². The molecule has 0 aromatic rings. The largest absolute Gasteiger partial charge is 0.273 e. The molecule has 0 radical (unpaired) electrons. The third-order valence-corrected chi connectivity index (χ3v) is 5.42. The Hall–Kier alpha value is -0.210. The zero-order chi connectivity index (χ0) is 12.3. The Bertz CT molecular complexity index is 395. The molecule has 3 unspecified atom stereocenters. The van der Waals surface area contributed by atoms with E-state index in [0.717, 1.165) is 0 Å². The molecule has 1 fully saturated rings. The van der Waals surface area contributed by atoms with Gasteiger partial charge in [0.1, 0.15) is 22.1 Å². The molecule has 0 aromatic heterocycles. The van der Waals surface area contributed by atoms with E-state index in [4.69, 9.17) is 0 Å². The molecular formula is C8H15FO5S2. The highest BCUT2D eigenvalue weighted by molar-refractivity contribution is 7.87. The van der Waals surface area contributed by atoms with E-state index < -0.39 is 37.5 Å². The zero-order valence-corrected chi connectivity index (χ0v) is 10.5. The summed E-state index contributed by atoms with van der Waals surface area (Å²) >= 11 is 0. The van der Waals surface area contributed by atoms with Crippen LogP contribution in [0.1, 0.15) is 26.2 Å². The minimum atomic E-state index is -3.93. The first-order valence-corrected chi connectivity index (χ1v) is 7.77. The second-order valence-electron chi connectivity index (χ2n) is 3.73. The van der Waals surface area contributed by atoms with Crippen molar-refractivity contribution in [3.05, 3.63) is 0 Å². The summed E-state index contributed by atoms with van der Waals surface area (Å²) in [6, 6.07) is 0. The lowest BCUT2D eigenvalue weighted by Crippen LogP contribution is -2.37. The Morgan fingerprint density at radius 2 is 2.12 bits per heavy atom. The number of halogens is 1. The minimum Gasteiger partial charge on any atom is -0.270 e. The highest BCUT2D eigenvalue weighted by atomic mass is 32.2. The first-order chi connectivity index (χ1) is 7.40. The van der Waals surface area contributed by atoms with Gasteiger partial charge in [-0.1, -0.05) is 13.3 Å². The van der Waals surface area contributed by atoms with Gasteiger partial charge in [0.15, 0.2) is 0 Å². The van der Waals surface area contributed by atoms with Gasteiger partial charge in [-0.05, 0) is 12.8 Å². The molecule has 1 rings (SSSR count). The van der Waals surface area contributed by atoms with Gasteiger partial charge in [-0.15, -0.1) is 0 Å². The zero-order valence-electron chi connectivity index (χ0n) is 8.84. The van der Waals surface area contributed by atoms with Crippen molar-refractivity contribution in [2.45, 2.75) is 42.9 Å². The quantitative estimate of drug-likeness (QED) is 0.573. The van der Waals surface area contributed by atoms with Crippen LogP contribution in [0.2, 0.25) is 0 Å². The van der Waals surface area contributed by atoms with Crippen LogP contribution in [0.15, 0.2) is 0 Å². The highest BCUT2D eigenvalue weighted by Crippen LogP contribution is 2.27. The van der Waals surface area contributed by atoms with Gasteiger partial charge >= 0.3 is 0 Å². The maximum Gasteiger partial charge on any atom is 0.273 e. The molecule has 1 aliphatic rings. The molecule has 1 heterocycles. The Kier molecular flexibility index (Phi) is 4.69. The molecule has 0 N–H and O–H groups in total. The Labute approximate surface area is 96.1 Å². The van der Waals surface area contributed by atoms with E-state index in [0.29, 0.717) is 6.42 Å². The average Bonchev–Trinajstić information content (AvgIpc) is 2.53. The fourth-order valence-electron chi connectivity index (χ4n) is 1.76. The van der Waals surface area contributed by atoms with Gasteiger partial charge in [0.2, 0.25) is 0 Å². The second-order valence-corrected chi connectivity index (χ2v) is 6.79. The van der Waals surface area contributed by atoms with Crippen LogP contribution in [0, 0.1) is 0 Å². The van der Waals surface area contributed by atoms with Crippen molar-refractivity contribution in [1.82, 2.24) is 0 Å². The van der Waals surface area contributed by atoms with Crippen molar-refractivity contribution in [2.75, 3.05) is 6.61 Å². The van der Waals surface area contributed by atoms with Crippen LogP contribution in [0.4, 0.5) is 4.39 Å². The first kappa shape index (κ1) is 13.9. The van der Waals surface area contributed by atoms with E-state index in [9.17, 15) is 21.2 Å². The summed E-state index contributed by atoms with van der Waals surface area (Å²) in [6.07, 6.45) is -1.26. The molecule has 5 nitrogen and oxygen atoms in total. The lowest BCUT2D eigenvalue weighted by Gasteiger charge is -2.18. The van der Waals surface area contributed by atoms with Gasteiger partial charge in [-0.25, -0.2) is 12.8 Å². The van der Waals surface area contributed by atoms with E-state index in [1.165, 1.54) is 0 Å². The fraction of sp³-hybridized carbons (Fsp3) is 1.00. The van der Waals surface area contributed by atoms with Gasteiger partial charge in [-0.3, -0.25) is 4.18 Å². The lowest BCUT2D eigenvalue weighted by molar-refractivity contribution is 0.294. The van der Waals surface area contributed by atoms with Crippen LogP contribution in [0.3, 0.4) is 0 Å². The number of thiol groups is 1. The Morgan fingerprint density at radius 1 is 1.50 bits per heavy atom. The van der Waals surface area contributed by atoms with E-state index in [2.05, 4.69) is 4.18 Å². The van der Waals surface area contributed by atoms with Crippen LogP contribution in [0.5, 0.6) is 0 Å². The van der Waals surface area contributed by atoms with Gasteiger partial charge in [0, 0.05) is 0 Å². The summed E-state index contributed by atoms with van der Waals surface area (Å²) in [7, 11) is -6.89. The van der Waals surface area contributed by atoms with E-state index >= 15 is 0 Å². The van der Waals surface area contributed by atoms with Crippen molar-refractivity contribution in [1.29, 1.82) is 0 Å². The number of hydrogen-bond donors (Lipinski definition) is 1. The van der Waals surface area contributed by atoms with Crippen LogP contribution in [-0.2, 0) is 25.0 Å². The molecule has 0 amide bonds. The van der Waals surface area contributed by atoms with Crippen molar-refractivity contribution < 1.29 is 25.4 Å². The number of rotatable bonds is 5. The Morgan fingerprint density at radius 3 is 2.50 bits per heavy atom. The third-order valence-electron chi connectivity index (χ3n) is 2.60. The van der Waals surface area contributed by atoms with Crippen LogP contribution in [0.25, 0.3) is 0 Å². The molecule has 1 aliphatic heterocycles. The average molecular weight is 274 g/mol. The fourth-order valence-corrected chi connectivity index (χ4v) is 4.18. The maximum absolute atomic E-state index is 13.9. The van der Waals surface area contributed by atoms with Crippen LogP contribution in [-0.4, -0.2) is 40.1 Å². The highest BCUT2D eigenvalue weighted by Gasteiger charge is 2.43. The second kappa shape index (κ2) is 5.42. The van der Waals surface area contributed by atoms with Crippen LogP contribution >= 0.6 is 0 Å². The van der Waals surface area contributed by atoms with Gasteiger partial charge in [0.25, 0.3) is 10.1 Å². The minimum absolute atomic E-state index is 0.0207. The molecule has 0 aliphatic carbocycles. The first-order valence-electron chi connectivity index (χ1n) is 5.06. The molecule has 0 bridgehead atoms. The standard InChI is InChI=1S/C8H15FO5S2/c1-2-3-6(15(10)11)8(9)7-4-5-14-16(7,12)13/h6-8,15H,2-5H2,1H3. The van der Waals surface area contributed by atoms with Gasteiger partial charge in [-0.2, -0.15) is 8.42 Å². The molecule has 96 valence electrons. The lowest BCUT2D eigenvalue weighted by atomic mass is 10.1. The van der Waals surface area contributed by atoms with E-state index in [1.54, 1.807) is 6.92 Å². The van der Waals surface area contributed by atoms with Crippen molar-refractivity contribution in [3.63, 3.8) is 0 Å². The SMILES string of the molecule is CCCC(C(F)C1CCOS1(=O)=O)[SH](=O)=O. The molecule has 1 saturated heterocycles. The predicted octanol–water partition coefficient (Wildman–Crippen LogP) is 0.223. The van der Waals surface area contributed by atoms with Crippen molar-refractivity contribution in [2.24, 2.45) is 0 Å². The van der Waals surface area contributed by atoms with E-state index in [1.807, 2.05) is 0 Å². The molecule has 0 spiro atoms. The molecule has 0 saturated carbocycles. The van der Waals surface area contributed by atoms with Crippen molar-refractivity contribution >= 4 is 20.8 Å². The van der Waals surface area contributed by atoms with E-state index in [-0.39, 0.29) is 19.4 Å². The third kappa shape index (κ3) is 2.92. The monoisotopic (exact) mass is 274 g/mol. The Balaban J connectivity index is 2.86. The predicted molar refractivity (Wildman–Crippen MR) is 57.2 cm³/mol. The number of alkyl halides is 1. The molecule has 3 atom stereocenters.